The van der Waals surface area contributed by atoms with E-state index in [9.17, 15) is 4.79 Å². The van der Waals surface area contributed by atoms with Crippen LogP contribution in [0.15, 0.2) is 43.0 Å². The lowest BCUT2D eigenvalue weighted by Crippen LogP contribution is -2.32. The van der Waals surface area contributed by atoms with E-state index in [4.69, 9.17) is 0 Å². The van der Waals surface area contributed by atoms with Crippen LogP contribution in [0.1, 0.15) is 23.3 Å². The Morgan fingerprint density at radius 1 is 1.38 bits per heavy atom. The first-order valence-corrected chi connectivity index (χ1v) is 8.79. The highest BCUT2D eigenvalue weighted by molar-refractivity contribution is 6.02. The van der Waals surface area contributed by atoms with Crippen molar-refractivity contribution in [2.24, 2.45) is 5.92 Å². The van der Waals surface area contributed by atoms with Gasteiger partial charge in [-0.3, -0.25) is 9.48 Å². The van der Waals surface area contributed by atoms with Crippen LogP contribution in [0.25, 0.3) is 11.3 Å². The van der Waals surface area contributed by atoms with Gasteiger partial charge in [-0.1, -0.05) is 17.3 Å². The maximum Gasteiger partial charge on any atom is 0.277 e. The number of aromatic nitrogens is 5. The smallest absolute Gasteiger partial charge is 0.277 e. The van der Waals surface area contributed by atoms with Crippen LogP contribution < -0.4 is 10.6 Å². The largest absolute Gasteiger partial charge is 0.345 e. The average Bonchev–Trinajstić information content (AvgIpc) is 3.35. The highest BCUT2D eigenvalue weighted by atomic mass is 16.2. The average molecular weight is 351 g/mol. The van der Waals surface area contributed by atoms with E-state index in [1.807, 2.05) is 24.3 Å². The molecule has 1 amide bonds. The van der Waals surface area contributed by atoms with Gasteiger partial charge in [0.25, 0.3) is 5.91 Å². The highest BCUT2D eigenvalue weighted by Crippen LogP contribution is 2.20. The number of aromatic amines is 1. The second-order valence-corrected chi connectivity index (χ2v) is 6.54. The summed E-state index contributed by atoms with van der Waals surface area (Å²) in [5.74, 6) is 0.271. The Bertz CT molecular complexity index is 865. The molecule has 0 bridgehead atoms. The van der Waals surface area contributed by atoms with Crippen molar-refractivity contribution < 1.29 is 4.79 Å². The minimum atomic E-state index is -0.264. The third kappa shape index (κ3) is 3.80. The lowest BCUT2D eigenvalue weighted by molar-refractivity contribution is 0.102. The summed E-state index contributed by atoms with van der Waals surface area (Å²) < 4.78 is 1.76. The molecule has 134 valence electrons. The molecule has 1 atom stereocenters. The van der Waals surface area contributed by atoms with E-state index in [1.54, 1.807) is 23.4 Å². The summed E-state index contributed by atoms with van der Waals surface area (Å²) in [6, 6.07) is 7.58. The van der Waals surface area contributed by atoms with Crippen LogP contribution in [0.2, 0.25) is 0 Å². The maximum atomic E-state index is 12.5. The molecule has 1 unspecified atom stereocenters. The molecular weight excluding hydrogens is 330 g/mol. The number of hydrogen-bond donors (Lipinski definition) is 3. The summed E-state index contributed by atoms with van der Waals surface area (Å²) >= 11 is 0. The molecule has 0 radical (unpaired) electrons. The summed E-state index contributed by atoms with van der Waals surface area (Å²) in [4.78, 5) is 19.5. The second kappa shape index (κ2) is 7.49. The maximum absolute atomic E-state index is 12.5. The number of benzene rings is 1. The molecule has 1 fully saturated rings. The minimum Gasteiger partial charge on any atom is -0.345 e. The number of H-pyrrole nitrogens is 1. The number of nitrogens with zero attached hydrogens (tertiary/aromatic N) is 4. The summed E-state index contributed by atoms with van der Waals surface area (Å²) in [5, 5.41) is 14.4. The van der Waals surface area contributed by atoms with Gasteiger partial charge in [0.15, 0.2) is 5.69 Å². The van der Waals surface area contributed by atoms with Gasteiger partial charge in [-0.25, -0.2) is 4.98 Å². The van der Waals surface area contributed by atoms with Crippen molar-refractivity contribution in [3.8, 4) is 11.3 Å². The Labute approximate surface area is 151 Å². The zero-order chi connectivity index (χ0) is 17.8. The number of imidazole rings is 1. The van der Waals surface area contributed by atoms with Gasteiger partial charge in [0, 0.05) is 17.8 Å². The molecule has 26 heavy (non-hydrogen) atoms. The fourth-order valence-corrected chi connectivity index (χ4v) is 3.21. The van der Waals surface area contributed by atoms with E-state index in [0.717, 1.165) is 30.9 Å². The summed E-state index contributed by atoms with van der Waals surface area (Å²) in [6.45, 7) is 2.85. The van der Waals surface area contributed by atoms with Gasteiger partial charge < -0.3 is 15.6 Å². The first-order valence-electron chi connectivity index (χ1n) is 8.79. The molecule has 1 aromatic carbocycles. The Kier molecular flexibility index (Phi) is 4.74. The molecule has 1 aliphatic rings. The van der Waals surface area contributed by atoms with Crippen LogP contribution in [0.3, 0.4) is 0 Å². The topological polar surface area (TPSA) is 101 Å². The number of carbonyl (C=O) groups is 1. The molecule has 3 heterocycles. The fourth-order valence-electron chi connectivity index (χ4n) is 3.21. The number of piperidine rings is 1. The van der Waals surface area contributed by atoms with Crippen molar-refractivity contribution in [2.75, 3.05) is 18.4 Å². The Morgan fingerprint density at radius 2 is 2.35 bits per heavy atom. The molecule has 1 saturated heterocycles. The molecule has 8 nitrogen and oxygen atoms in total. The van der Waals surface area contributed by atoms with Crippen LogP contribution in [0.5, 0.6) is 0 Å². The lowest BCUT2D eigenvalue weighted by Gasteiger charge is -2.22. The fraction of sp³-hybridized carbons (Fsp3) is 0.333. The summed E-state index contributed by atoms with van der Waals surface area (Å²) in [7, 11) is 0. The van der Waals surface area contributed by atoms with E-state index in [0.29, 0.717) is 17.3 Å². The highest BCUT2D eigenvalue weighted by Gasteiger charge is 2.16. The first kappa shape index (κ1) is 16.5. The zero-order valence-electron chi connectivity index (χ0n) is 14.4. The van der Waals surface area contributed by atoms with Crippen molar-refractivity contribution in [2.45, 2.75) is 19.4 Å². The van der Waals surface area contributed by atoms with E-state index in [1.165, 1.54) is 12.8 Å². The van der Waals surface area contributed by atoms with Crippen LogP contribution >= 0.6 is 0 Å². The van der Waals surface area contributed by atoms with Gasteiger partial charge in [0.1, 0.15) is 0 Å². The molecule has 2 aromatic heterocycles. The molecule has 0 saturated carbocycles. The molecule has 0 spiro atoms. The van der Waals surface area contributed by atoms with Crippen LogP contribution in [0, 0.1) is 5.92 Å². The Morgan fingerprint density at radius 3 is 3.15 bits per heavy atom. The second-order valence-electron chi connectivity index (χ2n) is 6.54. The van der Waals surface area contributed by atoms with Crippen molar-refractivity contribution >= 4 is 11.6 Å². The van der Waals surface area contributed by atoms with Gasteiger partial charge in [0.2, 0.25) is 0 Å². The van der Waals surface area contributed by atoms with Crippen molar-refractivity contribution in [1.82, 2.24) is 30.3 Å². The lowest BCUT2D eigenvalue weighted by atomic mass is 10.00. The van der Waals surface area contributed by atoms with Crippen molar-refractivity contribution in [3.63, 3.8) is 0 Å². The third-order valence-electron chi connectivity index (χ3n) is 4.55. The predicted molar refractivity (Wildman–Crippen MR) is 97.6 cm³/mol. The zero-order valence-corrected chi connectivity index (χ0v) is 14.4. The quantitative estimate of drug-likeness (QED) is 0.652. The molecule has 1 aliphatic heterocycles. The van der Waals surface area contributed by atoms with E-state index >= 15 is 0 Å². The van der Waals surface area contributed by atoms with E-state index < -0.39 is 0 Å². The van der Waals surface area contributed by atoms with Gasteiger partial charge in [-0.2, -0.15) is 0 Å². The summed E-state index contributed by atoms with van der Waals surface area (Å²) in [5.41, 5.74) is 2.87. The van der Waals surface area contributed by atoms with Crippen molar-refractivity contribution in [1.29, 1.82) is 0 Å². The van der Waals surface area contributed by atoms with Gasteiger partial charge in [-0.15, -0.1) is 5.10 Å². The predicted octanol–water partition coefficient (Wildman–Crippen LogP) is 1.92. The standard InChI is InChI=1S/C18H21N7O/c26-18(17-11-25(24-23-17)10-13-3-2-6-19-8-13)22-15-5-1-4-14(7-15)16-9-20-12-21-16/h1,4-5,7,9,11-13,19H,2-3,6,8,10H2,(H,20,21)(H,22,26). The molecule has 0 aliphatic carbocycles. The van der Waals surface area contributed by atoms with Gasteiger partial charge >= 0.3 is 0 Å². The molecule has 8 heteroatoms. The number of hydrogen-bond acceptors (Lipinski definition) is 5. The van der Waals surface area contributed by atoms with Crippen LogP contribution in [-0.4, -0.2) is 44.0 Å². The van der Waals surface area contributed by atoms with E-state index in [-0.39, 0.29) is 5.91 Å². The monoisotopic (exact) mass is 351 g/mol. The van der Waals surface area contributed by atoms with Gasteiger partial charge in [0.05, 0.1) is 24.4 Å². The molecule has 4 rings (SSSR count). The van der Waals surface area contributed by atoms with Crippen LogP contribution in [0.4, 0.5) is 5.69 Å². The SMILES string of the molecule is O=C(Nc1cccc(-c2cnc[nH]2)c1)c1cn(CC2CCCNC2)nn1. The number of amides is 1. The number of nitrogens with one attached hydrogen (secondary N) is 3. The normalized spacial score (nSPS) is 17.2. The first-order chi connectivity index (χ1) is 12.8. The number of rotatable bonds is 5. The molecule has 3 aromatic rings. The molecule has 3 N–H and O–H groups in total. The van der Waals surface area contributed by atoms with E-state index in [2.05, 4.69) is 30.9 Å². The van der Waals surface area contributed by atoms with Crippen molar-refractivity contribution in [3.05, 3.63) is 48.7 Å². The Balaban J connectivity index is 1.41. The number of anilines is 1. The summed E-state index contributed by atoms with van der Waals surface area (Å²) in [6.07, 6.45) is 7.43. The van der Waals surface area contributed by atoms with Gasteiger partial charge in [-0.05, 0) is 44.0 Å². The van der Waals surface area contributed by atoms with Crippen LogP contribution in [-0.2, 0) is 6.54 Å². The third-order valence-corrected chi connectivity index (χ3v) is 4.55. The Hall–Kier alpha value is -3.00. The molecular formula is C18H21N7O. The minimum absolute atomic E-state index is 0.264. The number of carbonyl (C=O) groups excluding carboxylic acids is 1.